The molecular formula is C51H28N4Pt. The van der Waals surface area contributed by atoms with Crippen LogP contribution in [-0.2, 0) is 26.5 Å². The van der Waals surface area contributed by atoms with Crippen molar-refractivity contribution in [2.75, 3.05) is 0 Å². The molecule has 1 aliphatic carbocycles. The smallest absolute Gasteiger partial charge is 0.333 e. The quantitative estimate of drug-likeness (QED) is 0.128. The van der Waals surface area contributed by atoms with Crippen LogP contribution in [0.15, 0.2) is 170 Å². The first-order chi connectivity index (χ1) is 27.3. The molecular weight excluding hydrogens is 864 g/mol. The minimum Gasteiger partial charge on any atom is -0.333 e. The summed E-state index contributed by atoms with van der Waals surface area (Å²) < 4.78 is 4.62. The minimum absolute atomic E-state index is 0. The second kappa shape index (κ2) is 11.5. The van der Waals surface area contributed by atoms with Gasteiger partial charge in [0.05, 0.1) is 33.4 Å². The molecule has 0 amide bonds. The number of para-hydroxylation sites is 6. The summed E-state index contributed by atoms with van der Waals surface area (Å²) in [5.74, 6) is 0. The third kappa shape index (κ3) is 3.92. The molecule has 13 rings (SSSR count). The molecule has 0 radical (unpaired) electrons. The maximum atomic E-state index is 5.28. The van der Waals surface area contributed by atoms with Gasteiger partial charge >= 0.3 is 21.1 Å². The van der Waals surface area contributed by atoms with Gasteiger partial charge < -0.3 is 8.80 Å². The van der Waals surface area contributed by atoms with E-state index in [1.807, 2.05) is 0 Å². The van der Waals surface area contributed by atoms with Gasteiger partial charge in [0, 0.05) is 16.4 Å². The molecule has 0 N–H and O–H groups in total. The molecule has 4 aromatic heterocycles. The minimum atomic E-state index is -0.723. The number of nitrogens with zero attached hydrogens (tertiary/aromatic N) is 4. The summed E-state index contributed by atoms with van der Waals surface area (Å²) in [4.78, 5) is 10.6. The predicted molar refractivity (Wildman–Crippen MR) is 224 cm³/mol. The van der Waals surface area contributed by atoms with Gasteiger partial charge in [-0.1, -0.05) is 131 Å². The van der Waals surface area contributed by atoms with Crippen LogP contribution in [-0.4, -0.2) is 18.8 Å². The molecule has 5 heteroatoms. The van der Waals surface area contributed by atoms with Gasteiger partial charge in [-0.3, -0.25) is 9.97 Å². The van der Waals surface area contributed by atoms with E-state index in [0.29, 0.717) is 0 Å². The Labute approximate surface area is 335 Å². The maximum Gasteiger partial charge on any atom is 2.00 e. The first kappa shape index (κ1) is 31.7. The third-order valence-electron chi connectivity index (χ3n) is 12.1. The number of pyridine rings is 2. The molecule has 12 aromatic rings. The molecule has 8 aromatic carbocycles. The zero-order valence-electron chi connectivity index (χ0n) is 29.8. The molecule has 0 atom stereocenters. The molecule has 0 saturated heterocycles. The van der Waals surface area contributed by atoms with Crippen molar-refractivity contribution in [3.8, 4) is 11.1 Å². The van der Waals surface area contributed by atoms with Gasteiger partial charge in [-0.05, 0) is 69.4 Å². The van der Waals surface area contributed by atoms with E-state index in [4.69, 9.17) is 9.97 Å². The molecule has 262 valence electrons. The van der Waals surface area contributed by atoms with Crippen molar-refractivity contribution in [1.29, 1.82) is 0 Å². The Balaban J connectivity index is 0.00000345. The van der Waals surface area contributed by atoms with E-state index in [0.717, 1.165) is 77.1 Å². The Morgan fingerprint density at radius 2 is 0.768 bits per heavy atom. The SMILES string of the molecule is [Pt+2].[c-]1c(C2(c3[c-]c4c(cc3)c3ccccc3n3c5ccccc5nc43)c3ccccc3-c3ccccc32)ccc2c1c1nc3ccccc3n1c1ccccc21. The van der Waals surface area contributed by atoms with Crippen molar-refractivity contribution in [3.05, 3.63) is 204 Å². The van der Waals surface area contributed by atoms with Crippen molar-refractivity contribution < 1.29 is 21.1 Å². The average Bonchev–Trinajstić information content (AvgIpc) is 3.93. The van der Waals surface area contributed by atoms with E-state index in [9.17, 15) is 0 Å². The van der Waals surface area contributed by atoms with E-state index in [-0.39, 0.29) is 21.1 Å². The normalized spacial score (nSPS) is 13.4. The first-order valence-corrected chi connectivity index (χ1v) is 18.8. The molecule has 0 unspecified atom stereocenters. The van der Waals surface area contributed by atoms with Gasteiger partial charge in [0.2, 0.25) is 0 Å². The molecule has 0 saturated carbocycles. The standard InChI is InChI=1S/C51H28N4.Pt/c1-5-17-41-35(13-1)36-14-2-6-18-42(36)51(41,31-25-27-33-37-15-3-9-21-45(37)54-47-23-11-7-19-43(47)52-49(54)39(33)29-31)32-26-28-34-38-16-4-10-22-46(38)55-48-24-12-8-20-44(48)53-50(55)40(34)30-32;/h1-28H;/q-2;+2. The number of fused-ring (bicyclic) bond motifs is 19. The largest absolute Gasteiger partial charge is 2.00 e. The van der Waals surface area contributed by atoms with Gasteiger partial charge in [-0.25, -0.2) is 0 Å². The number of imidazole rings is 2. The van der Waals surface area contributed by atoms with Crippen LogP contribution < -0.4 is 0 Å². The molecule has 0 spiro atoms. The summed E-state index contributed by atoms with van der Waals surface area (Å²) >= 11 is 0. The van der Waals surface area contributed by atoms with Crippen molar-refractivity contribution in [1.82, 2.24) is 18.8 Å². The molecule has 0 fully saturated rings. The van der Waals surface area contributed by atoms with E-state index in [2.05, 4.69) is 191 Å². The van der Waals surface area contributed by atoms with E-state index >= 15 is 0 Å². The van der Waals surface area contributed by atoms with Gasteiger partial charge in [-0.15, -0.1) is 47.5 Å². The van der Waals surface area contributed by atoms with E-state index in [1.54, 1.807) is 0 Å². The summed E-state index contributed by atoms with van der Waals surface area (Å²) in [7, 11) is 0. The third-order valence-corrected chi connectivity index (χ3v) is 12.1. The Morgan fingerprint density at radius 1 is 0.375 bits per heavy atom. The summed E-state index contributed by atoms with van der Waals surface area (Å²) in [5, 5.41) is 6.63. The van der Waals surface area contributed by atoms with Gasteiger partial charge in [0.25, 0.3) is 0 Å². The van der Waals surface area contributed by atoms with E-state index in [1.165, 1.54) is 33.0 Å². The summed E-state index contributed by atoms with van der Waals surface area (Å²) in [6, 6.07) is 69.3. The second-order valence-electron chi connectivity index (χ2n) is 14.7. The predicted octanol–water partition coefficient (Wildman–Crippen LogP) is 11.9. The fourth-order valence-electron chi connectivity index (χ4n) is 9.85. The summed E-state index contributed by atoms with van der Waals surface area (Å²) in [6.07, 6.45) is 0. The van der Waals surface area contributed by atoms with E-state index < -0.39 is 5.41 Å². The average molecular weight is 892 g/mol. The van der Waals surface area contributed by atoms with Crippen LogP contribution in [0.3, 0.4) is 0 Å². The first-order valence-electron chi connectivity index (χ1n) is 18.8. The number of hydrogen-bond donors (Lipinski definition) is 0. The second-order valence-corrected chi connectivity index (χ2v) is 14.7. The topological polar surface area (TPSA) is 34.6 Å². The number of hydrogen-bond acceptors (Lipinski definition) is 2. The molecule has 4 nitrogen and oxygen atoms in total. The van der Waals surface area contributed by atoms with Crippen LogP contribution in [0, 0.1) is 12.1 Å². The zero-order chi connectivity index (χ0) is 35.8. The van der Waals surface area contributed by atoms with Crippen LogP contribution >= 0.6 is 0 Å². The molecule has 0 aliphatic heterocycles. The molecule has 0 bridgehead atoms. The number of benzene rings is 8. The molecule has 1 aliphatic rings. The Hall–Kier alpha value is -6.61. The van der Waals surface area contributed by atoms with Crippen LogP contribution in [0.4, 0.5) is 0 Å². The van der Waals surface area contributed by atoms with Crippen molar-refractivity contribution >= 4 is 76.7 Å². The van der Waals surface area contributed by atoms with Gasteiger partial charge in [-0.2, -0.15) is 0 Å². The van der Waals surface area contributed by atoms with Crippen LogP contribution in [0.2, 0.25) is 0 Å². The van der Waals surface area contributed by atoms with Crippen molar-refractivity contribution in [2.24, 2.45) is 0 Å². The monoisotopic (exact) mass is 891 g/mol. The Bertz CT molecular complexity index is 3390. The van der Waals surface area contributed by atoms with Crippen molar-refractivity contribution in [2.45, 2.75) is 5.41 Å². The molecule has 56 heavy (non-hydrogen) atoms. The Morgan fingerprint density at radius 3 is 1.25 bits per heavy atom. The fourth-order valence-corrected chi connectivity index (χ4v) is 9.85. The van der Waals surface area contributed by atoms with Crippen molar-refractivity contribution in [3.63, 3.8) is 0 Å². The summed E-state index contributed by atoms with van der Waals surface area (Å²) in [5.41, 5.74) is 14.5. The van der Waals surface area contributed by atoms with Crippen LogP contribution in [0.1, 0.15) is 22.3 Å². The number of rotatable bonds is 2. The van der Waals surface area contributed by atoms with Gasteiger partial charge in [0.1, 0.15) is 0 Å². The molecule has 4 heterocycles. The van der Waals surface area contributed by atoms with Crippen LogP contribution in [0.25, 0.3) is 87.8 Å². The summed E-state index contributed by atoms with van der Waals surface area (Å²) in [6.45, 7) is 0. The fraction of sp³-hybridized carbons (Fsp3) is 0.0196. The number of aromatic nitrogens is 4. The maximum absolute atomic E-state index is 5.28. The Kier molecular flexibility index (Phi) is 6.49. The van der Waals surface area contributed by atoms with Gasteiger partial charge in [0.15, 0.2) is 0 Å². The zero-order valence-corrected chi connectivity index (χ0v) is 32.0. The van der Waals surface area contributed by atoms with Crippen LogP contribution in [0.5, 0.6) is 0 Å².